The molecule has 2 N–H and O–H groups in total. The molecule has 232 valence electrons. The third kappa shape index (κ3) is 4.13. The Labute approximate surface area is 281 Å². The summed E-state index contributed by atoms with van der Waals surface area (Å²) in [5.41, 5.74) is 16.7. The minimum Gasteiger partial charge on any atom is -0.455 e. The van der Waals surface area contributed by atoms with Gasteiger partial charge in [-0.2, -0.15) is 0 Å². The van der Waals surface area contributed by atoms with E-state index in [9.17, 15) is 0 Å². The van der Waals surface area contributed by atoms with E-state index in [2.05, 4.69) is 131 Å². The van der Waals surface area contributed by atoms with E-state index in [1.807, 2.05) is 42.5 Å². The molecule has 0 aliphatic carbocycles. The molecular formula is C44H30N4O. The predicted molar refractivity (Wildman–Crippen MR) is 205 cm³/mol. The first-order chi connectivity index (χ1) is 24.3. The number of para-hydroxylation sites is 4. The number of hydrogen-bond donors (Lipinski definition) is 1. The maximum Gasteiger partial charge on any atom is 0.146 e. The fraction of sp³-hybridized carbons (Fsp3) is 0.0227. The van der Waals surface area contributed by atoms with Gasteiger partial charge >= 0.3 is 0 Å². The number of dihydropyridines is 1. The van der Waals surface area contributed by atoms with Gasteiger partial charge in [0.15, 0.2) is 0 Å². The molecule has 0 saturated carbocycles. The highest BCUT2D eigenvalue weighted by atomic mass is 16.3. The second-order valence-electron chi connectivity index (χ2n) is 12.5. The number of aliphatic imine (C=N–C) groups is 1. The third-order valence-corrected chi connectivity index (χ3v) is 9.72. The largest absolute Gasteiger partial charge is 0.455 e. The Bertz CT molecular complexity index is 2880. The predicted octanol–water partition coefficient (Wildman–Crippen LogP) is 10.5. The van der Waals surface area contributed by atoms with E-state index in [0.29, 0.717) is 0 Å². The van der Waals surface area contributed by atoms with Gasteiger partial charge in [0, 0.05) is 44.4 Å². The number of furan rings is 1. The highest BCUT2D eigenvalue weighted by Crippen LogP contribution is 2.48. The summed E-state index contributed by atoms with van der Waals surface area (Å²) in [6.45, 7) is 0. The van der Waals surface area contributed by atoms with Crippen molar-refractivity contribution < 1.29 is 4.42 Å². The molecule has 0 saturated heterocycles. The Kier molecular flexibility index (Phi) is 6.10. The lowest BCUT2D eigenvalue weighted by Gasteiger charge is -2.14. The van der Waals surface area contributed by atoms with Crippen LogP contribution in [-0.2, 0) is 0 Å². The van der Waals surface area contributed by atoms with Crippen molar-refractivity contribution in [3.05, 3.63) is 169 Å². The zero-order chi connectivity index (χ0) is 32.5. The lowest BCUT2D eigenvalue weighted by Crippen LogP contribution is -2.23. The summed E-state index contributed by atoms with van der Waals surface area (Å²) in [6, 6.07) is 46.2. The van der Waals surface area contributed by atoms with Crippen molar-refractivity contribution in [2.45, 2.75) is 6.04 Å². The van der Waals surface area contributed by atoms with Gasteiger partial charge in [0.2, 0.25) is 0 Å². The van der Waals surface area contributed by atoms with Crippen LogP contribution in [0.1, 0.15) is 5.56 Å². The smallest absolute Gasteiger partial charge is 0.146 e. The van der Waals surface area contributed by atoms with Crippen LogP contribution in [0.4, 0.5) is 0 Å². The molecule has 0 bridgehead atoms. The third-order valence-electron chi connectivity index (χ3n) is 9.72. The number of aromatic nitrogens is 2. The molecule has 1 aliphatic heterocycles. The molecule has 1 atom stereocenters. The van der Waals surface area contributed by atoms with Crippen molar-refractivity contribution in [2.24, 2.45) is 10.7 Å². The fourth-order valence-corrected chi connectivity index (χ4v) is 7.60. The fourth-order valence-electron chi connectivity index (χ4n) is 7.60. The van der Waals surface area contributed by atoms with Crippen molar-refractivity contribution in [1.29, 1.82) is 0 Å². The van der Waals surface area contributed by atoms with Crippen molar-refractivity contribution in [1.82, 2.24) is 9.13 Å². The Morgan fingerprint density at radius 2 is 1.29 bits per heavy atom. The molecule has 3 aromatic heterocycles. The quantitative estimate of drug-likeness (QED) is 0.210. The summed E-state index contributed by atoms with van der Waals surface area (Å²) >= 11 is 0. The summed E-state index contributed by atoms with van der Waals surface area (Å²) in [5, 5.41) is 6.83. The number of hydrogen-bond acceptors (Lipinski definition) is 3. The van der Waals surface area contributed by atoms with E-state index in [1.54, 1.807) is 0 Å². The van der Waals surface area contributed by atoms with Crippen LogP contribution in [0.25, 0.3) is 77.4 Å². The summed E-state index contributed by atoms with van der Waals surface area (Å²) in [4.78, 5) is 4.97. The average Bonchev–Trinajstić information content (AvgIpc) is 3.81. The second-order valence-corrected chi connectivity index (χ2v) is 12.5. The van der Waals surface area contributed by atoms with Crippen LogP contribution < -0.4 is 5.73 Å². The molecule has 6 aromatic carbocycles. The Hall–Kier alpha value is -6.43. The van der Waals surface area contributed by atoms with E-state index in [4.69, 9.17) is 15.1 Å². The molecule has 9 aromatic rings. The van der Waals surface area contributed by atoms with Crippen molar-refractivity contribution in [2.75, 3.05) is 0 Å². The van der Waals surface area contributed by atoms with Crippen LogP contribution in [0, 0.1) is 0 Å². The van der Waals surface area contributed by atoms with E-state index < -0.39 is 0 Å². The summed E-state index contributed by atoms with van der Waals surface area (Å²) < 4.78 is 11.5. The molecule has 4 heterocycles. The van der Waals surface area contributed by atoms with Gasteiger partial charge in [0.25, 0.3) is 0 Å². The van der Waals surface area contributed by atoms with Crippen molar-refractivity contribution >= 4 is 77.5 Å². The van der Waals surface area contributed by atoms with Gasteiger partial charge in [0.1, 0.15) is 11.2 Å². The molecule has 0 radical (unpaired) electrons. The van der Waals surface area contributed by atoms with Crippen LogP contribution in [0.15, 0.2) is 173 Å². The Balaban J connectivity index is 1.34. The second kappa shape index (κ2) is 10.8. The van der Waals surface area contributed by atoms with Crippen LogP contribution in [-0.4, -0.2) is 20.9 Å². The van der Waals surface area contributed by atoms with E-state index in [0.717, 1.165) is 77.4 Å². The standard InChI is InChI=1S/C44H30N4O/c45-33-25-26-34(28-14-3-1-4-15-28)46-35(33)21-13-27-47-36-22-10-7-18-30(36)39-40-32-20-9-12-24-38(32)49-44(40)41-31-19-8-11-23-37(31)48(43(41)42(39)47)29-16-5-2-6-17-29/h1-27,33H,45H2/b27-13+,35-21+. The molecule has 1 unspecified atom stereocenters. The van der Waals surface area contributed by atoms with Crippen LogP contribution in [0.5, 0.6) is 0 Å². The SMILES string of the molecule is NC1C=CC(c2ccccc2)=N/C1=C/C=C/n1c2ccccc2c2c3c4ccccc4oc3c3c4ccccc4n(-c4ccccc4)c3c21. The number of rotatable bonds is 4. The molecule has 0 amide bonds. The van der Waals surface area contributed by atoms with Crippen LogP contribution in [0.3, 0.4) is 0 Å². The average molecular weight is 631 g/mol. The Morgan fingerprint density at radius 3 is 2.08 bits per heavy atom. The first-order valence-corrected chi connectivity index (χ1v) is 16.6. The monoisotopic (exact) mass is 630 g/mol. The summed E-state index contributed by atoms with van der Waals surface area (Å²) in [5.74, 6) is 0. The maximum atomic E-state index is 6.82. The topological polar surface area (TPSA) is 61.4 Å². The van der Waals surface area contributed by atoms with Crippen molar-refractivity contribution in [3.63, 3.8) is 0 Å². The normalized spacial score (nSPS) is 16.1. The van der Waals surface area contributed by atoms with Gasteiger partial charge in [-0.1, -0.05) is 109 Å². The van der Waals surface area contributed by atoms with Crippen LogP contribution >= 0.6 is 0 Å². The molecule has 49 heavy (non-hydrogen) atoms. The van der Waals surface area contributed by atoms with Crippen molar-refractivity contribution in [3.8, 4) is 5.69 Å². The minimum absolute atomic E-state index is 0.292. The number of fused-ring (bicyclic) bond motifs is 12. The number of benzene rings is 6. The van der Waals surface area contributed by atoms with Gasteiger partial charge in [-0.3, -0.25) is 4.99 Å². The number of allylic oxidation sites excluding steroid dienone is 3. The zero-order valence-corrected chi connectivity index (χ0v) is 26.5. The van der Waals surface area contributed by atoms with Gasteiger partial charge in [-0.25, -0.2) is 0 Å². The van der Waals surface area contributed by atoms with E-state index in [-0.39, 0.29) is 6.04 Å². The van der Waals surface area contributed by atoms with Crippen LogP contribution in [0.2, 0.25) is 0 Å². The zero-order valence-electron chi connectivity index (χ0n) is 26.5. The summed E-state index contributed by atoms with van der Waals surface area (Å²) in [7, 11) is 0. The first-order valence-electron chi connectivity index (χ1n) is 16.6. The first kappa shape index (κ1) is 27.7. The lowest BCUT2D eigenvalue weighted by molar-refractivity contribution is 0.673. The van der Waals surface area contributed by atoms with Gasteiger partial charge in [0.05, 0.1) is 44.9 Å². The molecule has 5 heteroatoms. The number of nitrogens with two attached hydrogens (primary N) is 1. The summed E-state index contributed by atoms with van der Waals surface area (Å²) in [6.07, 6.45) is 10.3. The highest BCUT2D eigenvalue weighted by Gasteiger charge is 2.26. The molecule has 10 rings (SSSR count). The van der Waals surface area contributed by atoms with Gasteiger partial charge in [-0.05, 0) is 48.6 Å². The molecule has 1 aliphatic rings. The van der Waals surface area contributed by atoms with Gasteiger partial charge in [-0.15, -0.1) is 0 Å². The molecule has 0 spiro atoms. The molecule has 5 nitrogen and oxygen atoms in total. The maximum absolute atomic E-state index is 6.82. The van der Waals surface area contributed by atoms with Gasteiger partial charge < -0.3 is 19.3 Å². The van der Waals surface area contributed by atoms with E-state index >= 15 is 0 Å². The minimum atomic E-state index is -0.292. The number of nitrogens with zero attached hydrogens (tertiary/aromatic N) is 3. The lowest BCUT2D eigenvalue weighted by atomic mass is 10.0. The Morgan fingerprint density at radius 1 is 0.633 bits per heavy atom. The van der Waals surface area contributed by atoms with E-state index in [1.165, 1.54) is 10.8 Å². The highest BCUT2D eigenvalue weighted by molar-refractivity contribution is 6.39. The molecule has 0 fully saturated rings. The molecular weight excluding hydrogens is 601 g/mol.